The number of anilines is 1. The van der Waals surface area contributed by atoms with Gasteiger partial charge in [0.1, 0.15) is 5.75 Å². The standard InChI is InChI=1S/C19H21N3O5S/c1-13-6-7-17(27-2)16(10-13)19(24)21-14-4-3-5-15(11-14)28(25,26)22-9-8-20-18(23)12-22/h3-7,10-11H,8-9,12H2,1-2H3,(H,20,23)(H,21,24). The topological polar surface area (TPSA) is 105 Å². The Balaban J connectivity index is 1.85. The molecule has 3 rings (SSSR count). The summed E-state index contributed by atoms with van der Waals surface area (Å²) in [6, 6.07) is 11.2. The number of benzene rings is 2. The number of rotatable bonds is 5. The average molecular weight is 403 g/mol. The summed E-state index contributed by atoms with van der Waals surface area (Å²) < 4.78 is 31.9. The van der Waals surface area contributed by atoms with Crippen LogP contribution in [0.5, 0.6) is 5.75 Å². The highest BCUT2D eigenvalue weighted by atomic mass is 32.2. The van der Waals surface area contributed by atoms with Crippen LogP contribution in [0.15, 0.2) is 47.4 Å². The fourth-order valence-corrected chi connectivity index (χ4v) is 4.34. The van der Waals surface area contributed by atoms with Crippen molar-refractivity contribution in [3.8, 4) is 5.75 Å². The number of aryl methyl sites for hydroxylation is 1. The van der Waals surface area contributed by atoms with Crippen molar-refractivity contribution < 1.29 is 22.7 Å². The number of hydrogen-bond donors (Lipinski definition) is 2. The van der Waals surface area contributed by atoms with Crippen molar-refractivity contribution in [3.63, 3.8) is 0 Å². The average Bonchev–Trinajstić information content (AvgIpc) is 2.68. The number of nitrogens with zero attached hydrogens (tertiary/aromatic N) is 1. The zero-order valence-electron chi connectivity index (χ0n) is 15.6. The smallest absolute Gasteiger partial charge is 0.259 e. The van der Waals surface area contributed by atoms with Crippen molar-refractivity contribution in [1.82, 2.24) is 9.62 Å². The number of methoxy groups -OCH3 is 1. The van der Waals surface area contributed by atoms with Crippen molar-refractivity contribution >= 4 is 27.5 Å². The highest BCUT2D eigenvalue weighted by molar-refractivity contribution is 7.89. The minimum atomic E-state index is -3.84. The molecule has 0 spiro atoms. The molecule has 0 aliphatic carbocycles. The molecule has 1 heterocycles. The molecular weight excluding hydrogens is 382 g/mol. The van der Waals surface area contributed by atoms with Gasteiger partial charge in [0.15, 0.2) is 0 Å². The van der Waals surface area contributed by atoms with Crippen LogP contribution in [0.4, 0.5) is 5.69 Å². The second-order valence-electron chi connectivity index (χ2n) is 6.37. The van der Waals surface area contributed by atoms with E-state index in [4.69, 9.17) is 4.74 Å². The molecule has 9 heteroatoms. The van der Waals surface area contributed by atoms with Crippen LogP contribution in [-0.2, 0) is 14.8 Å². The van der Waals surface area contributed by atoms with E-state index in [1.165, 1.54) is 19.2 Å². The van der Waals surface area contributed by atoms with Crippen LogP contribution in [-0.4, -0.2) is 51.3 Å². The molecule has 0 saturated carbocycles. The van der Waals surface area contributed by atoms with Gasteiger partial charge in [0.05, 0.1) is 24.1 Å². The van der Waals surface area contributed by atoms with Gasteiger partial charge in [0.25, 0.3) is 5.91 Å². The van der Waals surface area contributed by atoms with Crippen LogP contribution in [0.25, 0.3) is 0 Å². The zero-order chi connectivity index (χ0) is 20.3. The minimum absolute atomic E-state index is 0.0104. The van der Waals surface area contributed by atoms with Gasteiger partial charge in [-0.1, -0.05) is 17.7 Å². The van der Waals surface area contributed by atoms with Gasteiger partial charge in [-0.15, -0.1) is 0 Å². The Kier molecular flexibility index (Phi) is 5.66. The lowest BCUT2D eigenvalue weighted by atomic mass is 10.1. The van der Waals surface area contributed by atoms with Gasteiger partial charge in [0.2, 0.25) is 15.9 Å². The molecule has 2 amide bonds. The Morgan fingerprint density at radius 2 is 2.00 bits per heavy atom. The van der Waals surface area contributed by atoms with E-state index in [9.17, 15) is 18.0 Å². The van der Waals surface area contributed by atoms with Crippen LogP contribution in [0.3, 0.4) is 0 Å². The number of carbonyl (C=O) groups is 2. The van der Waals surface area contributed by atoms with Crippen molar-refractivity contribution in [3.05, 3.63) is 53.6 Å². The first kappa shape index (κ1) is 19.8. The van der Waals surface area contributed by atoms with Crippen molar-refractivity contribution in [2.75, 3.05) is 32.1 Å². The van der Waals surface area contributed by atoms with Crippen molar-refractivity contribution in [2.24, 2.45) is 0 Å². The van der Waals surface area contributed by atoms with E-state index < -0.39 is 15.9 Å². The molecule has 28 heavy (non-hydrogen) atoms. The Morgan fingerprint density at radius 1 is 1.21 bits per heavy atom. The fourth-order valence-electron chi connectivity index (χ4n) is 2.90. The number of ether oxygens (including phenoxy) is 1. The number of sulfonamides is 1. The maximum absolute atomic E-state index is 12.8. The van der Waals surface area contributed by atoms with Gasteiger partial charge in [-0.3, -0.25) is 9.59 Å². The molecule has 0 radical (unpaired) electrons. The van der Waals surface area contributed by atoms with Gasteiger partial charge in [-0.25, -0.2) is 8.42 Å². The minimum Gasteiger partial charge on any atom is -0.496 e. The van der Waals surface area contributed by atoms with Gasteiger partial charge < -0.3 is 15.4 Å². The third kappa shape index (κ3) is 4.15. The summed E-state index contributed by atoms with van der Waals surface area (Å²) in [4.78, 5) is 24.2. The third-order valence-electron chi connectivity index (χ3n) is 4.33. The maximum Gasteiger partial charge on any atom is 0.259 e. The van der Waals surface area contributed by atoms with E-state index in [2.05, 4.69) is 10.6 Å². The van der Waals surface area contributed by atoms with E-state index in [0.29, 0.717) is 17.0 Å². The van der Waals surface area contributed by atoms with E-state index >= 15 is 0 Å². The summed E-state index contributed by atoms with van der Waals surface area (Å²) in [6.07, 6.45) is 0. The predicted octanol–water partition coefficient (Wildman–Crippen LogP) is 1.38. The molecule has 2 aromatic rings. The Bertz CT molecular complexity index is 1020. The first-order valence-corrected chi connectivity index (χ1v) is 10.1. The van der Waals surface area contributed by atoms with E-state index in [-0.39, 0.29) is 30.4 Å². The highest BCUT2D eigenvalue weighted by Gasteiger charge is 2.29. The summed E-state index contributed by atoms with van der Waals surface area (Å²) in [7, 11) is -2.37. The molecule has 2 N–H and O–H groups in total. The molecular formula is C19H21N3O5S. The molecule has 0 atom stereocenters. The lowest BCUT2D eigenvalue weighted by molar-refractivity contribution is -0.122. The zero-order valence-corrected chi connectivity index (χ0v) is 16.4. The van der Waals surface area contributed by atoms with E-state index in [1.54, 1.807) is 24.3 Å². The molecule has 0 bridgehead atoms. The molecule has 0 unspecified atom stereocenters. The van der Waals surface area contributed by atoms with Crippen LogP contribution in [0.2, 0.25) is 0 Å². The molecule has 1 fully saturated rings. The van der Waals surface area contributed by atoms with E-state index in [1.807, 2.05) is 13.0 Å². The summed E-state index contributed by atoms with van der Waals surface area (Å²) in [5.41, 5.74) is 1.57. The van der Waals surface area contributed by atoms with Gasteiger partial charge >= 0.3 is 0 Å². The first-order chi connectivity index (χ1) is 13.3. The fraction of sp³-hybridized carbons (Fsp3) is 0.263. The molecule has 1 saturated heterocycles. The summed E-state index contributed by atoms with van der Waals surface area (Å²) in [5, 5.41) is 5.30. The summed E-state index contributed by atoms with van der Waals surface area (Å²) in [5.74, 6) is -0.329. The quantitative estimate of drug-likeness (QED) is 0.785. The van der Waals surface area contributed by atoms with Crippen LogP contribution in [0.1, 0.15) is 15.9 Å². The Hall–Kier alpha value is -2.91. The SMILES string of the molecule is COc1ccc(C)cc1C(=O)Nc1cccc(S(=O)(=O)N2CCNC(=O)C2)c1. The molecule has 2 aromatic carbocycles. The number of piperazine rings is 1. The Morgan fingerprint density at radius 3 is 2.71 bits per heavy atom. The van der Waals surface area contributed by atoms with E-state index in [0.717, 1.165) is 9.87 Å². The maximum atomic E-state index is 12.8. The van der Waals surface area contributed by atoms with Gasteiger partial charge in [-0.05, 0) is 37.3 Å². The number of hydrogen-bond acceptors (Lipinski definition) is 5. The second-order valence-corrected chi connectivity index (χ2v) is 8.31. The third-order valence-corrected chi connectivity index (χ3v) is 6.17. The van der Waals surface area contributed by atoms with Crippen molar-refractivity contribution in [1.29, 1.82) is 0 Å². The van der Waals surface area contributed by atoms with Gasteiger partial charge in [-0.2, -0.15) is 4.31 Å². The molecule has 0 aromatic heterocycles. The summed E-state index contributed by atoms with van der Waals surface area (Å²) >= 11 is 0. The van der Waals surface area contributed by atoms with Crippen molar-refractivity contribution in [2.45, 2.75) is 11.8 Å². The lowest BCUT2D eigenvalue weighted by Gasteiger charge is -2.26. The van der Waals surface area contributed by atoms with Crippen LogP contribution >= 0.6 is 0 Å². The number of amides is 2. The Labute approximate surface area is 163 Å². The molecule has 8 nitrogen and oxygen atoms in total. The number of carbonyl (C=O) groups excluding carboxylic acids is 2. The normalized spacial score (nSPS) is 15.0. The first-order valence-electron chi connectivity index (χ1n) is 8.64. The van der Waals surface area contributed by atoms with Crippen LogP contribution in [0, 0.1) is 6.92 Å². The highest BCUT2D eigenvalue weighted by Crippen LogP contribution is 2.23. The molecule has 1 aliphatic rings. The largest absolute Gasteiger partial charge is 0.496 e. The van der Waals surface area contributed by atoms with Crippen LogP contribution < -0.4 is 15.4 Å². The monoisotopic (exact) mass is 403 g/mol. The predicted molar refractivity (Wildman–Crippen MR) is 104 cm³/mol. The molecule has 1 aliphatic heterocycles. The summed E-state index contributed by atoms with van der Waals surface area (Å²) in [6.45, 7) is 2.10. The molecule has 148 valence electrons. The lowest BCUT2D eigenvalue weighted by Crippen LogP contribution is -2.49. The second kappa shape index (κ2) is 7.99. The number of nitrogens with one attached hydrogen (secondary N) is 2. The van der Waals surface area contributed by atoms with Gasteiger partial charge in [0, 0.05) is 18.8 Å².